The van der Waals surface area contributed by atoms with Crippen LogP contribution in [0.2, 0.25) is 0 Å². The number of benzene rings is 1. The summed E-state index contributed by atoms with van der Waals surface area (Å²) in [5.41, 5.74) is 3.36. The Balaban J connectivity index is 1.83. The zero-order valence-electron chi connectivity index (χ0n) is 10.6. The van der Waals surface area contributed by atoms with E-state index >= 15 is 0 Å². The fourth-order valence-corrected chi connectivity index (χ4v) is 2.17. The molecule has 1 aliphatic heterocycles. The maximum atomic E-state index is 11.7. The molecule has 0 saturated carbocycles. The number of hydrogen-bond acceptors (Lipinski definition) is 4. The molecule has 0 radical (unpaired) electrons. The number of carbonyl (C=O) groups is 1. The number of carbonyl (C=O) groups excluding carboxylic acids is 1. The normalized spacial score (nSPS) is 17.8. The van der Waals surface area contributed by atoms with Crippen molar-refractivity contribution in [2.45, 2.75) is 19.1 Å². The molecule has 0 aliphatic carbocycles. The second-order valence-corrected chi connectivity index (χ2v) is 5.27. The van der Waals surface area contributed by atoms with Crippen molar-refractivity contribution in [1.29, 1.82) is 0 Å². The first-order valence-corrected chi connectivity index (χ1v) is 6.72. The predicted octanol–water partition coefficient (Wildman–Crippen LogP) is 2.05. The summed E-state index contributed by atoms with van der Waals surface area (Å²) in [6.45, 7) is 2.79. The molecule has 1 N–H and O–H groups in total. The monoisotopic (exact) mass is 326 g/mol. The lowest BCUT2D eigenvalue weighted by atomic mass is 10.2. The zero-order chi connectivity index (χ0) is 13.7. The highest BCUT2D eigenvalue weighted by atomic mass is 79.9. The highest BCUT2D eigenvalue weighted by molar-refractivity contribution is 9.10. The molecule has 19 heavy (non-hydrogen) atoms. The minimum atomic E-state index is -0.824. The van der Waals surface area contributed by atoms with Gasteiger partial charge in [0.15, 0.2) is 5.79 Å². The number of ether oxygens (including phenoxy) is 2. The maximum Gasteiger partial charge on any atom is 0.245 e. The van der Waals surface area contributed by atoms with Crippen LogP contribution in [0, 0.1) is 0 Å². The Morgan fingerprint density at radius 3 is 2.95 bits per heavy atom. The number of halogens is 1. The van der Waals surface area contributed by atoms with Gasteiger partial charge in [-0.05, 0) is 24.6 Å². The number of amides is 1. The molecule has 1 aliphatic rings. The minimum Gasteiger partial charge on any atom is -0.347 e. The van der Waals surface area contributed by atoms with Crippen molar-refractivity contribution in [2.75, 3.05) is 13.2 Å². The molecule has 1 amide bonds. The van der Waals surface area contributed by atoms with Gasteiger partial charge in [-0.25, -0.2) is 5.43 Å². The van der Waals surface area contributed by atoms with Crippen molar-refractivity contribution in [3.63, 3.8) is 0 Å². The number of nitrogens with zero attached hydrogens (tertiary/aromatic N) is 1. The summed E-state index contributed by atoms with van der Waals surface area (Å²) in [6.07, 6.45) is 1.71. The molecule has 2 rings (SSSR count). The molecular weight excluding hydrogens is 312 g/mol. The lowest BCUT2D eigenvalue weighted by Gasteiger charge is -2.20. The van der Waals surface area contributed by atoms with Gasteiger partial charge in [0.05, 0.1) is 25.8 Å². The molecule has 6 heteroatoms. The van der Waals surface area contributed by atoms with Crippen LogP contribution in [0.5, 0.6) is 0 Å². The van der Waals surface area contributed by atoms with E-state index in [-0.39, 0.29) is 12.3 Å². The summed E-state index contributed by atoms with van der Waals surface area (Å²) in [5.74, 6) is -1.06. The van der Waals surface area contributed by atoms with Crippen LogP contribution in [0.15, 0.2) is 33.8 Å². The van der Waals surface area contributed by atoms with Crippen LogP contribution in [0.1, 0.15) is 18.9 Å². The van der Waals surface area contributed by atoms with Gasteiger partial charge in [-0.15, -0.1) is 0 Å². The Kier molecular flexibility index (Phi) is 4.68. The maximum absolute atomic E-state index is 11.7. The highest BCUT2D eigenvalue weighted by Crippen LogP contribution is 2.22. The Morgan fingerprint density at radius 1 is 1.53 bits per heavy atom. The van der Waals surface area contributed by atoms with Crippen molar-refractivity contribution in [1.82, 2.24) is 5.43 Å². The Morgan fingerprint density at radius 2 is 2.26 bits per heavy atom. The molecule has 0 aromatic heterocycles. The zero-order valence-corrected chi connectivity index (χ0v) is 12.1. The van der Waals surface area contributed by atoms with Crippen LogP contribution in [0.25, 0.3) is 0 Å². The van der Waals surface area contributed by atoms with Gasteiger partial charge in [-0.2, -0.15) is 5.10 Å². The third-order valence-electron chi connectivity index (χ3n) is 2.63. The van der Waals surface area contributed by atoms with Crippen LogP contribution in [-0.4, -0.2) is 31.1 Å². The second-order valence-electron chi connectivity index (χ2n) is 4.36. The van der Waals surface area contributed by atoms with Crippen LogP contribution in [0.4, 0.5) is 0 Å². The number of nitrogens with one attached hydrogen (secondary N) is 1. The molecule has 1 heterocycles. The average Bonchev–Trinajstić information content (AvgIpc) is 2.75. The quantitative estimate of drug-likeness (QED) is 0.680. The van der Waals surface area contributed by atoms with E-state index in [1.54, 1.807) is 13.1 Å². The van der Waals surface area contributed by atoms with E-state index in [0.717, 1.165) is 10.0 Å². The largest absolute Gasteiger partial charge is 0.347 e. The molecule has 1 aromatic carbocycles. The molecule has 0 atom stereocenters. The summed E-state index contributed by atoms with van der Waals surface area (Å²) in [7, 11) is 0. The van der Waals surface area contributed by atoms with Gasteiger partial charge in [0.1, 0.15) is 0 Å². The van der Waals surface area contributed by atoms with E-state index in [0.29, 0.717) is 13.2 Å². The molecule has 0 spiro atoms. The minimum absolute atomic E-state index is 0.128. The Hall–Kier alpha value is -1.24. The molecule has 102 valence electrons. The first kappa shape index (κ1) is 14.2. The van der Waals surface area contributed by atoms with Gasteiger partial charge in [0.25, 0.3) is 0 Å². The first-order chi connectivity index (χ1) is 9.07. The van der Waals surface area contributed by atoms with E-state index in [9.17, 15) is 4.79 Å². The number of rotatable bonds is 4. The molecule has 0 bridgehead atoms. The number of hydrogen-bond donors (Lipinski definition) is 1. The standard InChI is InChI=1S/C13H15BrN2O3/c1-13(18-5-6-19-13)8-12(17)16-15-9-10-3-2-4-11(14)7-10/h2-4,7,9H,5-6,8H2,1H3,(H,16,17)/b15-9+. The van der Waals surface area contributed by atoms with Gasteiger partial charge in [-0.1, -0.05) is 28.1 Å². The summed E-state index contributed by atoms with van der Waals surface area (Å²) >= 11 is 3.37. The number of hydrazone groups is 1. The molecule has 5 nitrogen and oxygen atoms in total. The van der Waals surface area contributed by atoms with Gasteiger partial charge in [0, 0.05) is 4.47 Å². The van der Waals surface area contributed by atoms with Gasteiger partial charge in [-0.3, -0.25) is 4.79 Å². The second kappa shape index (κ2) is 6.27. The van der Waals surface area contributed by atoms with Crippen molar-refractivity contribution >= 4 is 28.1 Å². The topological polar surface area (TPSA) is 59.9 Å². The van der Waals surface area contributed by atoms with Crippen molar-refractivity contribution in [3.8, 4) is 0 Å². The van der Waals surface area contributed by atoms with E-state index in [1.165, 1.54) is 0 Å². The summed E-state index contributed by atoms with van der Waals surface area (Å²) in [4.78, 5) is 11.7. The van der Waals surface area contributed by atoms with Gasteiger partial charge >= 0.3 is 0 Å². The third kappa shape index (κ3) is 4.41. The predicted molar refractivity (Wildman–Crippen MR) is 74.8 cm³/mol. The van der Waals surface area contributed by atoms with E-state index in [1.807, 2.05) is 24.3 Å². The van der Waals surface area contributed by atoms with E-state index in [2.05, 4.69) is 26.5 Å². The Bertz CT molecular complexity index is 485. The van der Waals surface area contributed by atoms with Gasteiger partial charge < -0.3 is 9.47 Å². The fourth-order valence-electron chi connectivity index (χ4n) is 1.76. The van der Waals surface area contributed by atoms with Crippen molar-refractivity contribution < 1.29 is 14.3 Å². The SMILES string of the molecule is CC1(CC(=O)N/N=C/c2cccc(Br)c2)OCCO1. The average molecular weight is 327 g/mol. The molecular formula is C13H15BrN2O3. The highest BCUT2D eigenvalue weighted by Gasteiger charge is 2.33. The smallest absolute Gasteiger partial charge is 0.245 e. The first-order valence-electron chi connectivity index (χ1n) is 5.93. The Labute approximate surface area is 120 Å². The van der Waals surface area contributed by atoms with Crippen LogP contribution in [-0.2, 0) is 14.3 Å². The molecule has 1 fully saturated rings. The van der Waals surface area contributed by atoms with Crippen LogP contribution >= 0.6 is 15.9 Å². The lowest BCUT2D eigenvalue weighted by Crippen LogP contribution is -2.33. The molecule has 1 saturated heterocycles. The van der Waals surface area contributed by atoms with Crippen molar-refractivity contribution in [3.05, 3.63) is 34.3 Å². The molecule has 0 unspecified atom stereocenters. The summed E-state index contributed by atoms with van der Waals surface area (Å²) in [5, 5.41) is 3.90. The summed E-state index contributed by atoms with van der Waals surface area (Å²) in [6, 6.07) is 7.62. The van der Waals surface area contributed by atoms with Crippen molar-refractivity contribution in [2.24, 2.45) is 5.10 Å². The lowest BCUT2D eigenvalue weighted by molar-refractivity contribution is -0.159. The fraction of sp³-hybridized carbons (Fsp3) is 0.385. The van der Waals surface area contributed by atoms with E-state index < -0.39 is 5.79 Å². The van der Waals surface area contributed by atoms with Crippen LogP contribution in [0.3, 0.4) is 0 Å². The third-order valence-corrected chi connectivity index (χ3v) is 3.12. The molecule has 1 aromatic rings. The van der Waals surface area contributed by atoms with Crippen LogP contribution < -0.4 is 5.43 Å². The summed E-state index contributed by atoms with van der Waals surface area (Å²) < 4.78 is 11.7. The van der Waals surface area contributed by atoms with E-state index in [4.69, 9.17) is 9.47 Å². The van der Waals surface area contributed by atoms with Gasteiger partial charge in [0.2, 0.25) is 5.91 Å².